The fraction of sp³-hybridized carbons (Fsp3) is 0.667. The van der Waals surface area contributed by atoms with Gasteiger partial charge in [-0.05, 0) is 43.5 Å². The molecule has 0 amide bonds. The fourth-order valence-electron chi connectivity index (χ4n) is 2.85. The molecule has 0 aliphatic carbocycles. The molecule has 1 aromatic carbocycles. The Labute approximate surface area is 129 Å². The molecule has 2 nitrogen and oxygen atoms in total. The molecule has 2 atom stereocenters. The van der Waals surface area contributed by atoms with E-state index >= 15 is 0 Å². The molecule has 0 heterocycles. The molecule has 0 saturated carbocycles. The standard InChI is InChI=1S/C18H30FNO/c1-5-8-9-14(7-3)18(20-12-6-2)16-13-15(19)10-11-17(16)21-4/h10-11,13-14,18,20H,5-9,12H2,1-4H3. The molecular formula is C18H30FNO. The minimum Gasteiger partial charge on any atom is -0.496 e. The fourth-order valence-corrected chi connectivity index (χ4v) is 2.85. The van der Waals surface area contributed by atoms with E-state index in [1.165, 1.54) is 18.9 Å². The van der Waals surface area contributed by atoms with E-state index in [-0.39, 0.29) is 11.9 Å². The van der Waals surface area contributed by atoms with Crippen molar-refractivity contribution >= 4 is 0 Å². The summed E-state index contributed by atoms with van der Waals surface area (Å²) >= 11 is 0. The van der Waals surface area contributed by atoms with Crippen LogP contribution < -0.4 is 10.1 Å². The van der Waals surface area contributed by atoms with Gasteiger partial charge < -0.3 is 10.1 Å². The lowest BCUT2D eigenvalue weighted by molar-refractivity contribution is 0.310. The number of benzene rings is 1. The number of methoxy groups -OCH3 is 1. The molecule has 3 heteroatoms. The van der Waals surface area contributed by atoms with Crippen molar-refractivity contribution in [3.8, 4) is 5.75 Å². The van der Waals surface area contributed by atoms with Gasteiger partial charge in [0, 0.05) is 11.6 Å². The summed E-state index contributed by atoms with van der Waals surface area (Å²) in [7, 11) is 1.65. The zero-order valence-corrected chi connectivity index (χ0v) is 13.9. The van der Waals surface area contributed by atoms with Crippen LogP contribution in [-0.2, 0) is 0 Å². The third-order valence-electron chi connectivity index (χ3n) is 4.07. The van der Waals surface area contributed by atoms with E-state index in [9.17, 15) is 4.39 Å². The molecular weight excluding hydrogens is 265 g/mol. The van der Waals surface area contributed by atoms with Gasteiger partial charge in [-0.2, -0.15) is 0 Å². The third-order valence-corrected chi connectivity index (χ3v) is 4.07. The smallest absolute Gasteiger partial charge is 0.123 e. The van der Waals surface area contributed by atoms with E-state index in [0.717, 1.165) is 37.1 Å². The highest BCUT2D eigenvalue weighted by Crippen LogP contribution is 2.34. The maximum Gasteiger partial charge on any atom is 0.123 e. The molecule has 0 aliphatic heterocycles. The Balaban J connectivity index is 3.07. The lowest BCUT2D eigenvalue weighted by Crippen LogP contribution is -2.29. The first kappa shape index (κ1) is 18.0. The maximum absolute atomic E-state index is 13.7. The summed E-state index contributed by atoms with van der Waals surface area (Å²) in [5.41, 5.74) is 0.953. The second-order valence-electron chi connectivity index (χ2n) is 5.63. The molecule has 120 valence electrons. The highest BCUT2D eigenvalue weighted by atomic mass is 19.1. The number of rotatable bonds is 10. The van der Waals surface area contributed by atoms with E-state index in [1.54, 1.807) is 19.2 Å². The molecule has 0 bridgehead atoms. The van der Waals surface area contributed by atoms with Crippen LogP contribution in [0.2, 0.25) is 0 Å². The van der Waals surface area contributed by atoms with E-state index in [1.807, 2.05) is 0 Å². The van der Waals surface area contributed by atoms with Crippen molar-refractivity contribution in [2.75, 3.05) is 13.7 Å². The molecule has 21 heavy (non-hydrogen) atoms. The topological polar surface area (TPSA) is 21.3 Å². The summed E-state index contributed by atoms with van der Waals surface area (Å²) < 4.78 is 19.2. The first-order chi connectivity index (χ1) is 10.2. The van der Waals surface area contributed by atoms with E-state index in [2.05, 4.69) is 26.1 Å². The highest BCUT2D eigenvalue weighted by Gasteiger charge is 2.24. The van der Waals surface area contributed by atoms with E-state index in [4.69, 9.17) is 4.74 Å². The van der Waals surface area contributed by atoms with Crippen molar-refractivity contribution in [2.24, 2.45) is 5.92 Å². The van der Waals surface area contributed by atoms with Gasteiger partial charge in [0.05, 0.1) is 7.11 Å². The molecule has 0 saturated heterocycles. The van der Waals surface area contributed by atoms with Crippen molar-refractivity contribution in [1.82, 2.24) is 5.32 Å². The largest absolute Gasteiger partial charge is 0.496 e. The zero-order valence-electron chi connectivity index (χ0n) is 13.9. The van der Waals surface area contributed by atoms with Gasteiger partial charge in [0.1, 0.15) is 11.6 Å². The summed E-state index contributed by atoms with van der Waals surface area (Å²) in [6, 6.07) is 4.98. The minimum atomic E-state index is -0.195. The van der Waals surface area contributed by atoms with Crippen LogP contribution in [0.3, 0.4) is 0 Å². The van der Waals surface area contributed by atoms with Crippen LogP contribution in [0.15, 0.2) is 18.2 Å². The molecule has 0 aromatic heterocycles. The lowest BCUT2D eigenvalue weighted by Gasteiger charge is -2.29. The van der Waals surface area contributed by atoms with Gasteiger partial charge in [0.15, 0.2) is 0 Å². The summed E-state index contributed by atoms with van der Waals surface area (Å²) in [6.07, 6.45) is 5.71. The molecule has 1 N–H and O–H groups in total. The normalized spacial score (nSPS) is 14.0. The second kappa shape index (κ2) is 9.78. The Bertz CT molecular complexity index is 408. The number of nitrogens with one attached hydrogen (secondary N) is 1. The average Bonchev–Trinajstić information content (AvgIpc) is 2.50. The van der Waals surface area contributed by atoms with Crippen LogP contribution >= 0.6 is 0 Å². The maximum atomic E-state index is 13.7. The van der Waals surface area contributed by atoms with Crippen LogP contribution in [0, 0.1) is 11.7 Å². The van der Waals surface area contributed by atoms with Crippen molar-refractivity contribution in [1.29, 1.82) is 0 Å². The molecule has 0 spiro atoms. The molecule has 1 rings (SSSR count). The third kappa shape index (κ3) is 5.31. The molecule has 0 aliphatic rings. The Kier molecular flexibility index (Phi) is 8.36. The Morgan fingerprint density at radius 1 is 1.19 bits per heavy atom. The average molecular weight is 295 g/mol. The number of hydrogen-bond donors (Lipinski definition) is 1. The van der Waals surface area contributed by atoms with Crippen molar-refractivity contribution in [3.05, 3.63) is 29.6 Å². The number of unbranched alkanes of at least 4 members (excludes halogenated alkanes) is 1. The van der Waals surface area contributed by atoms with Crippen molar-refractivity contribution in [3.63, 3.8) is 0 Å². The van der Waals surface area contributed by atoms with Gasteiger partial charge in [-0.1, -0.05) is 40.0 Å². The van der Waals surface area contributed by atoms with Crippen molar-refractivity contribution < 1.29 is 9.13 Å². The number of hydrogen-bond acceptors (Lipinski definition) is 2. The lowest BCUT2D eigenvalue weighted by atomic mass is 9.86. The van der Waals surface area contributed by atoms with E-state index in [0.29, 0.717) is 5.92 Å². The van der Waals surface area contributed by atoms with Gasteiger partial charge >= 0.3 is 0 Å². The summed E-state index contributed by atoms with van der Waals surface area (Å²) in [6.45, 7) is 7.52. The second-order valence-corrected chi connectivity index (χ2v) is 5.63. The molecule has 0 fully saturated rings. The monoisotopic (exact) mass is 295 g/mol. The molecule has 2 unspecified atom stereocenters. The van der Waals surface area contributed by atoms with Crippen LogP contribution in [0.25, 0.3) is 0 Å². The predicted molar refractivity (Wildman–Crippen MR) is 87.3 cm³/mol. The zero-order chi connectivity index (χ0) is 15.7. The van der Waals surface area contributed by atoms with E-state index < -0.39 is 0 Å². The van der Waals surface area contributed by atoms with Gasteiger partial charge in [-0.3, -0.25) is 0 Å². The molecule has 0 radical (unpaired) electrons. The van der Waals surface area contributed by atoms with Crippen LogP contribution in [-0.4, -0.2) is 13.7 Å². The van der Waals surface area contributed by atoms with Gasteiger partial charge in [0.2, 0.25) is 0 Å². The first-order valence-corrected chi connectivity index (χ1v) is 8.24. The number of ether oxygens (including phenoxy) is 1. The minimum absolute atomic E-state index is 0.159. The predicted octanol–water partition coefficient (Wildman–Crippen LogP) is 5.09. The Morgan fingerprint density at radius 2 is 1.95 bits per heavy atom. The van der Waals surface area contributed by atoms with Gasteiger partial charge in [-0.25, -0.2) is 4.39 Å². The van der Waals surface area contributed by atoms with Gasteiger partial charge in [0.25, 0.3) is 0 Å². The van der Waals surface area contributed by atoms with Crippen LogP contribution in [0.1, 0.15) is 64.5 Å². The summed E-state index contributed by atoms with van der Waals surface area (Å²) in [4.78, 5) is 0. The Morgan fingerprint density at radius 3 is 2.52 bits per heavy atom. The SMILES string of the molecule is CCCCC(CC)C(NCCC)c1cc(F)ccc1OC. The number of halogens is 1. The van der Waals surface area contributed by atoms with Crippen molar-refractivity contribution in [2.45, 2.75) is 58.9 Å². The summed E-state index contributed by atoms with van der Waals surface area (Å²) in [5.74, 6) is 1.09. The Hall–Kier alpha value is -1.09. The van der Waals surface area contributed by atoms with Crippen LogP contribution in [0.4, 0.5) is 4.39 Å². The summed E-state index contributed by atoms with van der Waals surface area (Å²) in [5, 5.41) is 3.60. The van der Waals surface area contributed by atoms with Crippen LogP contribution in [0.5, 0.6) is 5.75 Å². The van der Waals surface area contributed by atoms with Gasteiger partial charge in [-0.15, -0.1) is 0 Å². The quantitative estimate of drug-likeness (QED) is 0.649. The highest BCUT2D eigenvalue weighted by molar-refractivity contribution is 5.37. The first-order valence-electron chi connectivity index (χ1n) is 8.24. The molecule has 1 aromatic rings.